The van der Waals surface area contributed by atoms with Gasteiger partial charge >= 0.3 is 0 Å². The average molecular weight is 252 g/mol. The van der Waals surface area contributed by atoms with Crippen molar-refractivity contribution >= 4 is 0 Å². The summed E-state index contributed by atoms with van der Waals surface area (Å²) < 4.78 is 6.02. The normalized spacial score (nSPS) is 63.5. The van der Waals surface area contributed by atoms with Gasteiger partial charge in [0, 0.05) is 5.41 Å². The van der Waals surface area contributed by atoms with Crippen LogP contribution in [0.5, 0.6) is 0 Å². The van der Waals surface area contributed by atoms with E-state index < -0.39 is 11.7 Å². The van der Waals surface area contributed by atoms with Gasteiger partial charge in [-0.15, -0.1) is 0 Å². The Balaban J connectivity index is 1.79. The first-order valence-corrected chi connectivity index (χ1v) is 7.31. The van der Waals surface area contributed by atoms with Crippen molar-refractivity contribution < 1.29 is 14.9 Å². The lowest BCUT2D eigenvalue weighted by molar-refractivity contribution is -0.116. The minimum Gasteiger partial charge on any atom is -0.393 e. The van der Waals surface area contributed by atoms with Gasteiger partial charge in [0.2, 0.25) is 0 Å². The Morgan fingerprint density at radius 1 is 1.17 bits per heavy atom. The highest BCUT2D eigenvalue weighted by atomic mass is 16.7. The summed E-state index contributed by atoms with van der Waals surface area (Å²) in [4.78, 5) is 0. The highest BCUT2D eigenvalue weighted by molar-refractivity contribution is 5.36. The van der Waals surface area contributed by atoms with Crippen LogP contribution in [0.4, 0.5) is 0 Å². The number of aliphatic hydroxyl groups excluding tert-OH is 2. The second-order valence-electron chi connectivity index (χ2n) is 8.18. The molecule has 0 bridgehead atoms. The molecule has 0 radical (unpaired) electrons. The Bertz CT molecular complexity index is 414. The van der Waals surface area contributed by atoms with Crippen LogP contribution >= 0.6 is 0 Å². The summed E-state index contributed by atoms with van der Waals surface area (Å²) in [7, 11) is 0. The number of fused-ring (bicyclic) bond motifs is 2. The summed E-state index contributed by atoms with van der Waals surface area (Å²) in [5.74, 6) is 0.881. The topological polar surface area (TPSA) is 53.0 Å². The third-order valence-electron chi connectivity index (χ3n) is 6.93. The van der Waals surface area contributed by atoms with Gasteiger partial charge in [0.25, 0.3) is 0 Å². The number of hydrogen-bond donors (Lipinski definition) is 2. The first-order valence-electron chi connectivity index (χ1n) is 7.31. The Morgan fingerprint density at radius 2 is 1.89 bits per heavy atom. The van der Waals surface area contributed by atoms with Crippen molar-refractivity contribution in [3.63, 3.8) is 0 Å². The molecule has 1 heterocycles. The zero-order chi connectivity index (χ0) is 13.0. The van der Waals surface area contributed by atoms with Gasteiger partial charge in [0.1, 0.15) is 11.2 Å². The quantitative estimate of drug-likeness (QED) is 0.699. The average Bonchev–Trinajstić information content (AvgIpc) is 2.94. The lowest BCUT2D eigenvalue weighted by atomic mass is 9.44. The van der Waals surface area contributed by atoms with E-state index in [0.717, 1.165) is 12.8 Å². The van der Waals surface area contributed by atoms with Gasteiger partial charge in [0.05, 0.1) is 12.7 Å². The number of hydrogen-bond acceptors (Lipinski definition) is 3. The van der Waals surface area contributed by atoms with Crippen LogP contribution in [0.15, 0.2) is 0 Å². The van der Waals surface area contributed by atoms with E-state index in [0.29, 0.717) is 17.3 Å². The minimum absolute atomic E-state index is 0.0204. The molecule has 1 saturated heterocycles. The molecular weight excluding hydrogens is 228 g/mol. The van der Waals surface area contributed by atoms with Crippen molar-refractivity contribution in [3.05, 3.63) is 0 Å². The Labute approximate surface area is 109 Å². The second-order valence-corrected chi connectivity index (χ2v) is 8.18. The van der Waals surface area contributed by atoms with Gasteiger partial charge in [0.15, 0.2) is 0 Å². The molecule has 18 heavy (non-hydrogen) atoms. The van der Waals surface area contributed by atoms with Gasteiger partial charge in [-0.25, -0.2) is 0 Å². The third kappa shape index (κ3) is 0.918. The van der Waals surface area contributed by atoms with Gasteiger partial charge in [-0.1, -0.05) is 20.8 Å². The van der Waals surface area contributed by atoms with Crippen molar-refractivity contribution in [2.45, 2.75) is 63.8 Å². The largest absolute Gasteiger partial charge is 0.393 e. The van der Waals surface area contributed by atoms with Gasteiger partial charge < -0.3 is 14.9 Å². The van der Waals surface area contributed by atoms with Crippen molar-refractivity contribution in [3.8, 4) is 0 Å². The van der Waals surface area contributed by atoms with Crippen molar-refractivity contribution in [1.29, 1.82) is 0 Å². The number of epoxide rings is 1. The number of ether oxygens (including phenoxy) is 1. The van der Waals surface area contributed by atoms with E-state index in [2.05, 4.69) is 20.8 Å². The van der Waals surface area contributed by atoms with E-state index in [9.17, 15) is 10.2 Å². The predicted octanol–water partition coefficient (Wildman–Crippen LogP) is 1.71. The molecule has 0 aromatic heterocycles. The molecule has 4 rings (SSSR count). The Hall–Kier alpha value is -0.120. The van der Waals surface area contributed by atoms with E-state index in [1.165, 1.54) is 12.8 Å². The SMILES string of the molecule is CC1(C)C[C@@H]2[C@@H](O)[C@@]3(CO)O[C@]34CC[C@@]4(C)[C@H]2C1. The summed E-state index contributed by atoms with van der Waals surface area (Å²) in [6.07, 6.45) is 4.00. The minimum atomic E-state index is -0.623. The molecule has 3 aliphatic carbocycles. The molecule has 0 unspecified atom stereocenters. The van der Waals surface area contributed by atoms with Crippen molar-refractivity contribution in [2.24, 2.45) is 22.7 Å². The molecule has 6 atom stereocenters. The van der Waals surface area contributed by atoms with Gasteiger partial charge in [-0.3, -0.25) is 0 Å². The fourth-order valence-corrected chi connectivity index (χ4v) is 5.92. The third-order valence-corrected chi connectivity index (χ3v) is 6.93. The summed E-state index contributed by atoms with van der Waals surface area (Å²) >= 11 is 0. The molecule has 0 aromatic rings. The second kappa shape index (κ2) is 2.82. The highest BCUT2D eigenvalue weighted by Gasteiger charge is 2.89. The lowest BCUT2D eigenvalue weighted by Gasteiger charge is -2.57. The van der Waals surface area contributed by atoms with E-state index in [4.69, 9.17) is 4.74 Å². The predicted molar refractivity (Wildman–Crippen MR) is 67.0 cm³/mol. The Morgan fingerprint density at radius 3 is 2.44 bits per heavy atom. The highest BCUT2D eigenvalue weighted by Crippen LogP contribution is 2.80. The standard InChI is InChI=1S/C15H24O3/c1-12(2)6-9-10(7-12)13(3)4-5-15(13)14(8-16,18-15)11(9)17/h9-11,16-17H,4-8H2,1-3H3/t9-,10-,11+,13-,14+,15-/m0/s1. The zero-order valence-corrected chi connectivity index (χ0v) is 11.6. The van der Waals surface area contributed by atoms with Gasteiger partial charge in [-0.2, -0.15) is 0 Å². The van der Waals surface area contributed by atoms with E-state index in [1.807, 2.05) is 0 Å². The molecule has 0 aromatic carbocycles. The van der Waals surface area contributed by atoms with Crippen molar-refractivity contribution in [1.82, 2.24) is 0 Å². The van der Waals surface area contributed by atoms with E-state index in [1.54, 1.807) is 0 Å². The monoisotopic (exact) mass is 252 g/mol. The van der Waals surface area contributed by atoms with Crippen LogP contribution in [0.2, 0.25) is 0 Å². The van der Waals surface area contributed by atoms with Crippen molar-refractivity contribution in [2.75, 3.05) is 6.61 Å². The fraction of sp³-hybridized carbons (Fsp3) is 1.00. The maximum Gasteiger partial charge on any atom is 0.147 e. The first kappa shape index (κ1) is 11.7. The molecule has 0 amide bonds. The number of aliphatic hydroxyl groups is 2. The van der Waals surface area contributed by atoms with Crippen LogP contribution in [-0.4, -0.2) is 34.1 Å². The fourth-order valence-electron chi connectivity index (χ4n) is 5.92. The molecule has 2 N–H and O–H groups in total. The molecule has 1 aliphatic heterocycles. The smallest absolute Gasteiger partial charge is 0.147 e. The number of rotatable bonds is 1. The maximum absolute atomic E-state index is 10.7. The summed E-state index contributed by atoms with van der Waals surface area (Å²) in [6.45, 7) is 6.93. The van der Waals surface area contributed by atoms with E-state index >= 15 is 0 Å². The molecule has 1 spiro atoms. The first-order chi connectivity index (χ1) is 8.32. The molecule has 4 aliphatic rings. The zero-order valence-electron chi connectivity index (χ0n) is 11.6. The lowest BCUT2D eigenvalue weighted by Crippen LogP contribution is -2.65. The van der Waals surface area contributed by atoms with Crippen LogP contribution in [0.1, 0.15) is 46.5 Å². The van der Waals surface area contributed by atoms with Crippen LogP contribution in [-0.2, 0) is 4.74 Å². The molecule has 3 saturated carbocycles. The molecule has 3 nitrogen and oxygen atoms in total. The summed E-state index contributed by atoms with van der Waals surface area (Å²) in [5.41, 5.74) is -0.311. The summed E-state index contributed by atoms with van der Waals surface area (Å²) in [6, 6.07) is 0. The van der Waals surface area contributed by atoms with Crippen LogP contribution in [0.3, 0.4) is 0 Å². The van der Waals surface area contributed by atoms with Crippen LogP contribution < -0.4 is 0 Å². The van der Waals surface area contributed by atoms with Crippen LogP contribution in [0, 0.1) is 22.7 Å². The summed E-state index contributed by atoms with van der Waals surface area (Å²) in [5, 5.41) is 20.5. The molecular formula is C15H24O3. The molecule has 4 fully saturated rings. The maximum atomic E-state index is 10.7. The molecule has 102 valence electrons. The van der Waals surface area contributed by atoms with Gasteiger partial charge in [-0.05, 0) is 42.9 Å². The van der Waals surface area contributed by atoms with Crippen LogP contribution in [0.25, 0.3) is 0 Å². The Kier molecular flexibility index (Phi) is 1.83. The molecule has 3 heteroatoms. The van der Waals surface area contributed by atoms with E-state index in [-0.39, 0.29) is 17.6 Å².